The molecule has 23 heavy (non-hydrogen) atoms. The van der Waals surface area contributed by atoms with Gasteiger partial charge < -0.3 is 9.26 Å². The zero-order chi connectivity index (χ0) is 16.3. The first-order valence-electron chi connectivity index (χ1n) is 7.71. The molecule has 0 atom stereocenters. The fourth-order valence-electron chi connectivity index (χ4n) is 2.60. The smallest absolute Gasteiger partial charge is 0.243 e. The van der Waals surface area contributed by atoms with Gasteiger partial charge in [0, 0.05) is 19.2 Å². The minimum absolute atomic E-state index is 0.263. The Balaban J connectivity index is 1.66. The van der Waals surface area contributed by atoms with Crippen LogP contribution in [0, 0.1) is 6.92 Å². The maximum atomic E-state index is 12.5. The number of piperidine rings is 1. The van der Waals surface area contributed by atoms with Crippen molar-refractivity contribution in [3.05, 3.63) is 41.8 Å². The first-order chi connectivity index (χ1) is 11.1. The third kappa shape index (κ3) is 3.73. The number of nitrogens with zero attached hydrogens (tertiary/aromatic N) is 2. The minimum Gasteiger partial charge on any atom is -0.486 e. The molecular formula is C16H20N2O4S. The maximum Gasteiger partial charge on any atom is 0.243 e. The molecule has 0 N–H and O–H groups in total. The van der Waals surface area contributed by atoms with Gasteiger partial charge in [-0.2, -0.15) is 4.31 Å². The lowest BCUT2D eigenvalue weighted by molar-refractivity contribution is 0.248. The largest absolute Gasteiger partial charge is 0.486 e. The lowest BCUT2D eigenvalue weighted by atomic mass is 10.2. The Kier molecular flexibility index (Phi) is 4.68. The summed E-state index contributed by atoms with van der Waals surface area (Å²) in [5, 5.41) is 3.79. The molecule has 1 fully saturated rings. The normalized spacial score (nSPS) is 16.4. The summed E-state index contributed by atoms with van der Waals surface area (Å²) in [4.78, 5) is 0.308. The molecule has 3 rings (SSSR count). The van der Waals surface area contributed by atoms with Gasteiger partial charge in [-0.3, -0.25) is 0 Å². The number of aromatic nitrogens is 1. The van der Waals surface area contributed by atoms with E-state index in [1.807, 2.05) is 6.92 Å². The number of hydrogen-bond donors (Lipinski definition) is 0. The number of benzene rings is 1. The van der Waals surface area contributed by atoms with E-state index in [1.54, 1.807) is 34.6 Å². The second-order valence-electron chi connectivity index (χ2n) is 5.66. The summed E-state index contributed by atoms with van der Waals surface area (Å²) in [5.41, 5.74) is 0.798. The summed E-state index contributed by atoms with van der Waals surface area (Å²) in [6.07, 6.45) is 2.95. The van der Waals surface area contributed by atoms with Crippen molar-refractivity contribution in [2.75, 3.05) is 13.1 Å². The van der Waals surface area contributed by atoms with Gasteiger partial charge >= 0.3 is 0 Å². The molecule has 1 aromatic carbocycles. The SMILES string of the molecule is Cc1cc(COc2ccc(S(=O)(=O)N3CCCCC3)cc2)on1. The third-order valence-electron chi connectivity index (χ3n) is 3.83. The summed E-state index contributed by atoms with van der Waals surface area (Å²) >= 11 is 0. The van der Waals surface area contributed by atoms with Crippen LogP contribution >= 0.6 is 0 Å². The number of sulfonamides is 1. The molecule has 0 spiro atoms. The van der Waals surface area contributed by atoms with E-state index in [4.69, 9.17) is 9.26 Å². The molecule has 0 unspecified atom stereocenters. The minimum atomic E-state index is -3.39. The summed E-state index contributed by atoms with van der Waals surface area (Å²) < 4.78 is 37.3. The molecule has 2 aromatic rings. The Labute approximate surface area is 136 Å². The fourth-order valence-corrected chi connectivity index (χ4v) is 4.12. The highest BCUT2D eigenvalue weighted by Gasteiger charge is 2.25. The van der Waals surface area contributed by atoms with Crippen molar-refractivity contribution in [1.82, 2.24) is 9.46 Å². The Morgan fingerprint density at radius 1 is 1.17 bits per heavy atom. The van der Waals surface area contributed by atoms with Gasteiger partial charge in [0.05, 0.1) is 10.6 Å². The molecule has 6 nitrogen and oxygen atoms in total. The highest BCUT2D eigenvalue weighted by Crippen LogP contribution is 2.23. The average Bonchev–Trinajstić information content (AvgIpc) is 3.00. The Bertz CT molecular complexity index is 747. The van der Waals surface area contributed by atoms with E-state index in [2.05, 4.69) is 5.16 Å². The standard InChI is InChI=1S/C16H20N2O4S/c1-13-11-15(22-17-13)12-21-14-5-7-16(8-6-14)23(19,20)18-9-3-2-4-10-18/h5-8,11H,2-4,9-10,12H2,1H3. The molecule has 0 amide bonds. The van der Waals surface area contributed by atoms with Crippen LogP contribution in [0.5, 0.6) is 5.75 Å². The number of ether oxygens (including phenoxy) is 1. The molecular weight excluding hydrogens is 316 g/mol. The predicted molar refractivity (Wildman–Crippen MR) is 84.6 cm³/mol. The van der Waals surface area contributed by atoms with Gasteiger partial charge in [-0.15, -0.1) is 0 Å². The summed E-state index contributed by atoms with van der Waals surface area (Å²) in [6, 6.07) is 8.31. The number of hydrogen-bond acceptors (Lipinski definition) is 5. The van der Waals surface area contributed by atoms with Crippen molar-refractivity contribution in [2.24, 2.45) is 0 Å². The van der Waals surface area contributed by atoms with Crippen LogP contribution in [0.3, 0.4) is 0 Å². The quantitative estimate of drug-likeness (QED) is 0.839. The number of rotatable bonds is 5. The van der Waals surface area contributed by atoms with Gasteiger partial charge in [0.25, 0.3) is 0 Å². The second kappa shape index (κ2) is 6.72. The third-order valence-corrected chi connectivity index (χ3v) is 5.75. The first kappa shape index (κ1) is 16.0. The van der Waals surface area contributed by atoms with Crippen LogP contribution in [-0.2, 0) is 16.6 Å². The van der Waals surface area contributed by atoms with E-state index >= 15 is 0 Å². The van der Waals surface area contributed by atoms with Gasteiger partial charge in [-0.25, -0.2) is 8.42 Å². The molecule has 2 heterocycles. The van der Waals surface area contributed by atoms with Gasteiger partial charge in [0.2, 0.25) is 10.0 Å². The van der Waals surface area contributed by atoms with E-state index in [-0.39, 0.29) is 6.61 Å². The Morgan fingerprint density at radius 3 is 2.48 bits per heavy atom. The van der Waals surface area contributed by atoms with E-state index in [0.717, 1.165) is 25.0 Å². The van der Waals surface area contributed by atoms with E-state index in [9.17, 15) is 8.42 Å². The van der Waals surface area contributed by atoms with E-state index in [0.29, 0.717) is 29.5 Å². The topological polar surface area (TPSA) is 72.6 Å². The zero-order valence-corrected chi connectivity index (χ0v) is 13.9. The molecule has 7 heteroatoms. The van der Waals surface area contributed by atoms with Crippen molar-refractivity contribution in [1.29, 1.82) is 0 Å². The van der Waals surface area contributed by atoms with Gasteiger partial charge in [-0.05, 0) is 44.0 Å². The van der Waals surface area contributed by atoms with Crippen molar-refractivity contribution in [3.8, 4) is 5.75 Å². The summed E-state index contributed by atoms with van der Waals surface area (Å²) in [7, 11) is -3.39. The van der Waals surface area contributed by atoms with Crippen LogP contribution in [0.25, 0.3) is 0 Å². The van der Waals surface area contributed by atoms with Crippen molar-refractivity contribution < 1.29 is 17.7 Å². The van der Waals surface area contributed by atoms with Crippen molar-refractivity contribution in [3.63, 3.8) is 0 Å². The van der Waals surface area contributed by atoms with Gasteiger partial charge in [0.1, 0.15) is 12.4 Å². The average molecular weight is 336 g/mol. The lowest BCUT2D eigenvalue weighted by Gasteiger charge is -2.25. The van der Waals surface area contributed by atoms with Crippen LogP contribution in [0.15, 0.2) is 39.8 Å². The van der Waals surface area contributed by atoms with E-state index in [1.165, 1.54) is 0 Å². The molecule has 1 aliphatic rings. The monoisotopic (exact) mass is 336 g/mol. The van der Waals surface area contributed by atoms with Crippen LogP contribution in [-0.4, -0.2) is 31.0 Å². The van der Waals surface area contributed by atoms with Crippen molar-refractivity contribution >= 4 is 10.0 Å². The van der Waals surface area contributed by atoms with Gasteiger partial charge in [-0.1, -0.05) is 11.6 Å². The molecule has 0 bridgehead atoms. The highest BCUT2D eigenvalue weighted by molar-refractivity contribution is 7.89. The molecule has 1 aromatic heterocycles. The molecule has 1 aliphatic heterocycles. The second-order valence-corrected chi connectivity index (χ2v) is 7.60. The van der Waals surface area contributed by atoms with Crippen molar-refractivity contribution in [2.45, 2.75) is 37.7 Å². The van der Waals surface area contributed by atoms with Crippen LogP contribution in [0.2, 0.25) is 0 Å². The predicted octanol–water partition coefficient (Wildman–Crippen LogP) is 2.74. The Hall–Kier alpha value is -1.86. The van der Waals surface area contributed by atoms with E-state index < -0.39 is 10.0 Å². The van der Waals surface area contributed by atoms with Gasteiger partial charge in [0.15, 0.2) is 5.76 Å². The summed E-state index contributed by atoms with van der Waals surface area (Å²) in [6.45, 7) is 3.31. The van der Waals surface area contributed by atoms with Crippen LogP contribution in [0.1, 0.15) is 30.7 Å². The Morgan fingerprint density at radius 2 is 1.87 bits per heavy atom. The molecule has 0 aliphatic carbocycles. The first-order valence-corrected chi connectivity index (χ1v) is 9.15. The molecule has 124 valence electrons. The molecule has 0 radical (unpaired) electrons. The highest BCUT2D eigenvalue weighted by atomic mass is 32.2. The molecule has 1 saturated heterocycles. The van der Waals surface area contributed by atoms with Crippen LogP contribution < -0.4 is 4.74 Å². The fraction of sp³-hybridized carbons (Fsp3) is 0.438. The zero-order valence-electron chi connectivity index (χ0n) is 13.1. The van der Waals surface area contributed by atoms with Crippen LogP contribution in [0.4, 0.5) is 0 Å². The maximum absolute atomic E-state index is 12.5. The molecule has 0 saturated carbocycles. The lowest BCUT2D eigenvalue weighted by Crippen LogP contribution is -2.35. The summed E-state index contributed by atoms with van der Waals surface area (Å²) in [5.74, 6) is 1.23. The number of aryl methyl sites for hydroxylation is 1.